The summed E-state index contributed by atoms with van der Waals surface area (Å²) in [5, 5.41) is 9.77. The van der Waals surface area contributed by atoms with Crippen molar-refractivity contribution in [3.63, 3.8) is 0 Å². The lowest BCUT2D eigenvalue weighted by Gasteiger charge is -2.22. The van der Waals surface area contributed by atoms with Crippen molar-refractivity contribution in [3.05, 3.63) is 38.8 Å². The van der Waals surface area contributed by atoms with Crippen LogP contribution >= 0.6 is 0 Å². The van der Waals surface area contributed by atoms with Gasteiger partial charge >= 0.3 is 5.69 Å². The van der Waals surface area contributed by atoms with Gasteiger partial charge in [0.25, 0.3) is 5.56 Å². The molecule has 1 aliphatic carbocycles. The van der Waals surface area contributed by atoms with Crippen molar-refractivity contribution >= 4 is 16.6 Å². The van der Waals surface area contributed by atoms with Gasteiger partial charge in [0.05, 0.1) is 16.6 Å². The molecule has 0 bridgehead atoms. The number of hydrogen-bond donors (Lipinski definition) is 2. The smallest absolute Gasteiger partial charge is 0.365 e. The van der Waals surface area contributed by atoms with Gasteiger partial charge in [0.1, 0.15) is 5.82 Å². The molecule has 8 heteroatoms. The number of aromatic nitrogens is 2. The van der Waals surface area contributed by atoms with Gasteiger partial charge in [0, 0.05) is 25.2 Å². The van der Waals surface area contributed by atoms with Crippen LogP contribution in [0.15, 0.2) is 21.7 Å². The van der Waals surface area contributed by atoms with E-state index in [0.717, 1.165) is 25.3 Å². The molecule has 2 aliphatic rings. The van der Waals surface area contributed by atoms with Gasteiger partial charge in [-0.25, -0.2) is 9.18 Å². The maximum atomic E-state index is 14.7. The monoisotopic (exact) mass is 348 g/mol. The SMILES string of the molecule is C[C@H](N)C1CCN(c2cc3c(cc2F)c(=O)n(O)c(=O)n3C2CC2)C1. The minimum absolute atomic E-state index is 0.0122. The maximum absolute atomic E-state index is 14.7. The number of halogens is 1. The average Bonchev–Trinajstić information content (AvgIpc) is 3.28. The Morgan fingerprint density at radius 1 is 1.28 bits per heavy atom. The molecule has 25 heavy (non-hydrogen) atoms. The normalized spacial score (nSPS) is 21.9. The van der Waals surface area contributed by atoms with Crippen LogP contribution < -0.4 is 21.9 Å². The molecular formula is C17H21FN4O3. The first kappa shape index (κ1) is 16.1. The molecule has 134 valence electrons. The van der Waals surface area contributed by atoms with Crippen LogP contribution in [0, 0.1) is 11.7 Å². The van der Waals surface area contributed by atoms with Gasteiger partial charge in [-0.3, -0.25) is 9.36 Å². The van der Waals surface area contributed by atoms with Gasteiger partial charge in [-0.05, 0) is 44.2 Å². The molecule has 0 amide bonds. The molecule has 1 unspecified atom stereocenters. The third kappa shape index (κ3) is 2.52. The van der Waals surface area contributed by atoms with Crippen LogP contribution in [-0.2, 0) is 0 Å². The zero-order valence-electron chi connectivity index (χ0n) is 14.0. The fraction of sp³-hybridized carbons (Fsp3) is 0.529. The molecule has 1 saturated carbocycles. The van der Waals surface area contributed by atoms with Crippen molar-refractivity contribution in [2.45, 2.75) is 38.3 Å². The lowest BCUT2D eigenvalue weighted by Crippen LogP contribution is -2.38. The van der Waals surface area contributed by atoms with Gasteiger partial charge in [0.15, 0.2) is 0 Å². The summed E-state index contributed by atoms with van der Waals surface area (Å²) >= 11 is 0. The Hall–Kier alpha value is -2.35. The van der Waals surface area contributed by atoms with Crippen LogP contribution in [0.3, 0.4) is 0 Å². The molecule has 0 spiro atoms. The highest BCUT2D eigenvalue weighted by Crippen LogP contribution is 2.37. The van der Waals surface area contributed by atoms with Crippen LogP contribution in [0.25, 0.3) is 10.9 Å². The van der Waals surface area contributed by atoms with Crippen molar-refractivity contribution < 1.29 is 9.60 Å². The lowest BCUT2D eigenvalue weighted by molar-refractivity contribution is 0.157. The summed E-state index contributed by atoms with van der Waals surface area (Å²) in [6.45, 7) is 3.27. The largest absolute Gasteiger partial charge is 0.421 e. The third-order valence-corrected chi connectivity index (χ3v) is 5.36. The Kier molecular flexibility index (Phi) is 3.61. The molecule has 1 aromatic carbocycles. The zero-order chi connectivity index (χ0) is 17.9. The fourth-order valence-corrected chi connectivity index (χ4v) is 3.69. The van der Waals surface area contributed by atoms with E-state index in [1.807, 2.05) is 11.8 Å². The van der Waals surface area contributed by atoms with E-state index >= 15 is 0 Å². The van der Waals surface area contributed by atoms with Crippen molar-refractivity contribution in [1.29, 1.82) is 0 Å². The molecule has 0 radical (unpaired) electrons. The van der Waals surface area contributed by atoms with Gasteiger partial charge in [-0.15, -0.1) is 0 Å². The molecule has 2 fully saturated rings. The molecule has 2 aromatic rings. The van der Waals surface area contributed by atoms with Crippen molar-refractivity contribution in [1.82, 2.24) is 9.30 Å². The zero-order valence-corrected chi connectivity index (χ0v) is 14.0. The minimum Gasteiger partial charge on any atom is -0.421 e. The first-order valence-electron chi connectivity index (χ1n) is 8.59. The summed E-state index contributed by atoms with van der Waals surface area (Å²) in [5.74, 6) is -0.248. The highest BCUT2D eigenvalue weighted by molar-refractivity contribution is 5.82. The van der Waals surface area contributed by atoms with Crippen LogP contribution in [0.4, 0.5) is 10.1 Å². The number of rotatable bonds is 3. The maximum Gasteiger partial charge on any atom is 0.365 e. The summed E-state index contributed by atoms with van der Waals surface area (Å²) in [5.41, 5.74) is 5.05. The van der Waals surface area contributed by atoms with Crippen LogP contribution in [0.1, 0.15) is 32.2 Å². The second-order valence-corrected chi connectivity index (χ2v) is 7.18. The van der Waals surface area contributed by atoms with Crippen molar-refractivity contribution in [2.75, 3.05) is 18.0 Å². The number of nitrogens with two attached hydrogens (primary N) is 1. The van der Waals surface area contributed by atoms with E-state index in [0.29, 0.717) is 24.3 Å². The average molecular weight is 348 g/mol. The van der Waals surface area contributed by atoms with E-state index in [9.17, 15) is 19.2 Å². The second kappa shape index (κ2) is 5.59. The molecule has 1 saturated heterocycles. The van der Waals surface area contributed by atoms with Gasteiger partial charge in [-0.1, -0.05) is 4.73 Å². The number of hydrogen-bond acceptors (Lipinski definition) is 5. The number of nitrogens with zero attached hydrogens (tertiary/aromatic N) is 3. The standard InChI is InChI=1S/C17H21FN4O3/c1-9(19)10-4-5-20(8-10)15-7-14-12(6-13(15)18)16(23)22(25)17(24)21(14)11-2-3-11/h6-7,9-11,25H,2-5,8,19H2,1H3/t9-,10?/m0/s1. The Labute approximate surface area is 143 Å². The fourth-order valence-electron chi connectivity index (χ4n) is 3.69. The van der Waals surface area contributed by atoms with E-state index in [2.05, 4.69) is 0 Å². The van der Waals surface area contributed by atoms with Gasteiger partial charge in [-0.2, -0.15) is 0 Å². The van der Waals surface area contributed by atoms with E-state index in [-0.39, 0.29) is 28.1 Å². The van der Waals surface area contributed by atoms with Gasteiger partial charge in [0.2, 0.25) is 0 Å². The van der Waals surface area contributed by atoms with Crippen LogP contribution in [0.5, 0.6) is 0 Å². The molecule has 1 aromatic heterocycles. The number of fused-ring (bicyclic) bond motifs is 1. The van der Waals surface area contributed by atoms with Crippen molar-refractivity contribution in [3.8, 4) is 0 Å². The Morgan fingerprint density at radius 2 is 2.00 bits per heavy atom. The van der Waals surface area contributed by atoms with Gasteiger partial charge < -0.3 is 15.8 Å². The third-order valence-electron chi connectivity index (χ3n) is 5.36. The van der Waals surface area contributed by atoms with Crippen LogP contribution in [-0.4, -0.2) is 33.6 Å². The summed E-state index contributed by atoms with van der Waals surface area (Å²) in [7, 11) is 0. The lowest BCUT2D eigenvalue weighted by atomic mass is 10.0. The molecule has 7 nitrogen and oxygen atoms in total. The van der Waals surface area contributed by atoms with E-state index in [4.69, 9.17) is 5.73 Å². The first-order valence-corrected chi connectivity index (χ1v) is 8.59. The summed E-state index contributed by atoms with van der Waals surface area (Å²) in [4.78, 5) is 26.4. The quantitative estimate of drug-likeness (QED) is 0.809. The Balaban J connectivity index is 1.89. The Morgan fingerprint density at radius 3 is 2.60 bits per heavy atom. The Bertz CT molecular complexity index is 961. The predicted molar refractivity (Wildman–Crippen MR) is 91.9 cm³/mol. The number of anilines is 1. The minimum atomic E-state index is -0.891. The first-order chi connectivity index (χ1) is 11.9. The van der Waals surface area contributed by atoms with E-state index < -0.39 is 17.1 Å². The summed E-state index contributed by atoms with van der Waals surface area (Å²) in [6.07, 6.45) is 2.48. The molecule has 1 aliphatic heterocycles. The molecule has 2 heterocycles. The van der Waals surface area contributed by atoms with Crippen molar-refractivity contribution in [2.24, 2.45) is 11.7 Å². The topological polar surface area (TPSA) is 93.5 Å². The second-order valence-electron chi connectivity index (χ2n) is 7.18. The van der Waals surface area contributed by atoms with E-state index in [1.165, 1.54) is 4.57 Å². The van der Waals surface area contributed by atoms with E-state index in [1.54, 1.807) is 6.07 Å². The molecule has 4 rings (SSSR count). The number of benzene rings is 1. The summed E-state index contributed by atoms with van der Waals surface area (Å²) in [6, 6.07) is 2.66. The highest BCUT2D eigenvalue weighted by atomic mass is 19.1. The molecular weight excluding hydrogens is 327 g/mol. The molecule has 2 atom stereocenters. The molecule has 3 N–H and O–H groups in total. The highest BCUT2D eigenvalue weighted by Gasteiger charge is 2.31. The predicted octanol–water partition coefficient (Wildman–Crippen LogP) is 1.05. The van der Waals surface area contributed by atoms with Crippen LogP contribution in [0.2, 0.25) is 0 Å². The summed E-state index contributed by atoms with van der Waals surface area (Å²) < 4.78 is 16.1.